The number of sulfonamides is 1. The first-order chi connectivity index (χ1) is 11.2. The summed E-state index contributed by atoms with van der Waals surface area (Å²) < 4.78 is 40.6. The van der Waals surface area contributed by atoms with E-state index < -0.39 is 34.2 Å². The van der Waals surface area contributed by atoms with Gasteiger partial charge in [-0.15, -0.1) is 0 Å². The van der Waals surface area contributed by atoms with Crippen molar-refractivity contribution in [3.8, 4) is 0 Å². The predicted molar refractivity (Wildman–Crippen MR) is 83.6 cm³/mol. The molecule has 0 aliphatic carbocycles. The highest BCUT2D eigenvalue weighted by Gasteiger charge is 2.17. The second-order valence-corrected chi connectivity index (χ2v) is 6.56. The number of aryl methyl sites for hydroxylation is 1. The minimum atomic E-state index is -3.98. The van der Waals surface area contributed by atoms with Crippen LogP contribution in [0.5, 0.6) is 0 Å². The maximum Gasteiger partial charge on any atom is 0.338 e. The molecule has 0 heterocycles. The number of esters is 1. The van der Waals surface area contributed by atoms with Gasteiger partial charge in [0.25, 0.3) is 0 Å². The van der Waals surface area contributed by atoms with E-state index in [1.165, 1.54) is 31.2 Å². The van der Waals surface area contributed by atoms with Gasteiger partial charge in [-0.3, -0.25) is 4.79 Å². The zero-order chi connectivity index (χ0) is 17.9. The van der Waals surface area contributed by atoms with E-state index in [1.807, 2.05) is 0 Å². The molecule has 0 radical (unpaired) electrons. The Morgan fingerprint density at radius 2 is 1.67 bits per heavy atom. The van der Waals surface area contributed by atoms with E-state index in [9.17, 15) is 22.4 Å². The number of halogens is 1. The Balaban J connectivity index is 2.10. The molecule has 0 aliphatic rings. The van der Waals surface area contributed by atoms with Crippen LogP contribution in [0.25, 0.3) is 0 Å². The zero-order valence-electron chi connectivity index (χ0n) is 12.7. The SMILES string of the molecule is Cc1ccc(C(=O)OCC(=O)c2ccc(F)cc2)cc1S(N)(=O)=O. The Bertz CT molecular complexity index is 891. The van der Waals surface area contributed by atoms with Gasteiger partial charge in [0, 0.05) is 5.56 Å². The molecule has 0 aromatic heterocycles. The summed E-state index contributed by atoms with van der Waals surface area (Å²) in [5, 5.41) is 5.07. The molecule has 2 N–H and O–H groups in total. The van der Waals surface area contributed by atoms with Gasteiger partial charge in [-0.05, 0) is 48.9 Å². The minimum absolute atomic E-state index is 0.0449. The number of nitrogens with two attached hydrogens (primary N) is 1. The molecule has 0 fully saturated rings. The van der Waals surface area contributed by atoms with E-state index in [1.54, 1.807) is 0 Å². The molecule has 8 heteroatoms. The fourth-order valence-corrected chi connectivity index (χ4v) is 2.78. The number of primary sulfonamides is 1. The van der Waals surface area contributed by atoms with E-state index in [4.69, 9.17) is 9.88 Å². The highest BCUT2D eigenvalue weighted by molar-refractivity contribution is 7.89. The van der Waals surface area contributed by atoms with Gasteiger partial charge in [0.1, 0.15) is 5.82 Å². The molecular weight excluding hydrogens is 337 g/mol. The van der Waals surface area contributed by atoms with E-state index in [0.29, 0.717) is 5.56 Å². The smallest absolute Gasteiger partial charge is 0.338 e. The van der Waals surface area contributed by atoms with Crippen LogP contribution in [-0.4, -0.2) is 26.8 Å². The average molecular weight is 351 g/mol. The van der Waals surface area contributed by atoms with Crippen LogP contribution in [0.4, 0.5) is 4.39 Å². The average Bonchev–Trinajstić information content (AvgIpc) is 2.52. The van der Waals surface area contributed by atoms with Crippen molar-refractivity contribution in [2.45, 2.75) is 11.8 Å². The van der Waals surface area contributed by atoms with Crippen LogP contribution >= 0.6 is 0 Å². The second-order valence-electron chi connectivity index (χ2n) is 5.03. The largest absolute Gasteiger partial charge is 0.454 e. The summed E-state index contributed by atoms with van der Waals surface area (Å²) in [6.45, 7) is 0.982. The first-order valence-electron chi connectivity index (χ1n) is 6.78. The number of Topliss-reactive ketones (excluding diaryl/α,β-unsaturated/α-hetero) is 1. The summed E-state index contributed by atoms with van der Waals surface area (Å²) in [4.78, 5) is 23.6. The van der Waals surface area contributed by atoms with Crippen molar-refractivity contribution in [2.24, 2.45) is 5.14 Å². The predicted octanol–water partition coefficient (Wildman–Crippen LogP) is 1.82. The van der Waals surface area contributed by atoms with Crippen LogP contribution in [0, 0.1) is 12.7 Å². The molecule has 2 rings (SSSR count). The molecule has 0 unspecified atom stereocenters. The quantitative estimate of drug-likeness (QED) is 0.654. The third-order valence-electron chi connectivity index (χ3n) is 3.23. The normalized spacial score (nSPS) is 11.1. The van der Waals surface area contributed by atoms with Crippen molar-refractivity contribution >= 4 is 21.8 Å². The fourth-order valence-electron chi connectivity index (χ4n) is 1.97. The first kappa shape index (κ1) is 17.8. The summed E-state index contributed by atoms with van der Waals surface area (Å²) in [5.41, 5.74) is 0.534. The molecule has 2 aromatic rings. The molecule has 6 nitrogen and oxygen atoms in total. The van der Waals surface area contributed by atoms with Gasteiger partial charge in [-0.25, -0.2) is 22.7 Å². The number of rotatable bonds is 5. The lowest BCUT2D eigenvalue weighted by Crippen LogP contribution is -2.17. The van der Waals surface area contributed by atoms with Crippen molar-refractivity contribution in [1.82, 2.24) is 0 Å². The number of benzene rings is 2. The van der Waals surface area contributed by atoms with Crippen LogP contribution in [0.2, 0.25) is 0 Å². The van der Waals surface area contributed by atoms with Crippen LogP contribution < -0.4 is 5.14 Å². The van der Waals surface area contributed by atoms with Crippen LogP contribution in [0.3, 0.4) is 0 Å². The Hall–Kier alpha value is -2.58. The number of hydrogen-bond donors (Lipinski definition) is 1. The van der Waals surface area contributed by atoms with E-state index in [-0.39, 0.29) is 16.0 Å². The summed E-state index contributed by atoms with van der Waals surface area (Å²) >= 11 is 0. The topological polar surface area (TPSA) is 104 Å². The molecule has 0 amide bonds. The summed E-state index contributed by atoms with van der Waals surface area (Å²) in [6.07, 6.45) is 0. The van der Waals surface area contributed by atoms with E-state index in [2.05, 4.69) is 0 Å². The summed E-state index contributed by atoms with van der Waals surface area (Å²) in [7, 11) is -3.98. The first-order valence-corrected chi connectivity index (χ1v) is 8.32. The highest BCUT2D eigenvalue weighted by Crippen LogP contribution is 2.16. The molecule has 0 saturated heterocycles. The maximum absolute atomic E-state index is 12.8. The molecule has 0 spiro atoms. The second kappa shape index (κ2) is 6.90. The van der Waals surface area contributed by atoms with Crippen molar-refractivity contribution in [2.75, 3.05) is 6.61 Å². The third kappa shape index (κ3) is 4.24. The van der Waals surface area contributed by atoms with E-state index >= 15 is 0 Å². The highest BCUT2D eigenvalue weighted by atomic mass is 32.2. The Labute approximate surface area is 138 Å². The number of ether oxygens (including phenoxy) is 1. The van der Waals surface area contributed by atoms with Gasteiger partial charge in [0.15, 0.2) is 12.4 Å². The lowest BCUT2D eigenvalue weighted by Gasteiger charge is -2.07. The van der Waals surface area contributed by atoms with Crippen LogP contribution in [0.15, 0.2) is 47.4 Å². The molecule has 0 atom stereocenters. The van der Waals surface area contributed by atoms with Gasteiger partial charge >= 0.3 is 5.97 Å². The Kier molecular flexibility index (Phi) is 5.10. The van der Waals surface area contributed by atoms with Gasteiger partial charge in [-0.1, -0.05) is 6.07 Å². The van der Waals surface area contributed by atoms with Crippen molar-refractivity contribution in [1.29, 1.82) is 0 Å². The monoisotopic (exact) mass is 351 g/mol. The van der Waals surface area contributed by atoms with Crippen LogP contribution in [0.1, 0.15) is 26.3 Å². The van der Waals surface area contributed by atoms with Crippen LogP contribution in [-0.2, 0) is 14.8 Å². The van der Waals surface area contributed by atoms with Crippen molar-refractivity contribution < 1.29 is 27.1 Å². The summed E-state index contributed by atoms with van der Waals surface area (Å²) in [5.74, 6) is -1.86. The summed E-state index contributed by atoms with van der Waals surface area (Å²) in [6, 6.07) is 8.66. The Morgan fingerprint density at radius 3 is 2.25 bits per heavy atom. The minimum Gasteiger partial charge on any atom is -0.454 e. The lowest BCUT2D eigenvalue weighted by atomic mass is 10.1. The van der Waals surface area contributed by atoms with Crippen molar-refractivity contribution in [3.63, 3.8) is 0 Å². The maximum atomic E-state index is 12.8. The molecule has 126 valence electrons. The molecule has 24 heavy (non-hydrogen) atoms. The third-order valence-corrected chi connectivity index (χ3v) is 4.28. The molecular formula is C16H14FNO5S. The molecule has 0 bridgehead atoms. The molecule has 2 aromatic carbocycles. The molecule has 0 saturated carbocycles. The van der Waals surface area contributed by atoms with Gasteiger partial charge < -0.3 is 4.74 Å². The van der Waals surface area contributed by atoms with Gasteiger partial charge in [-0.2, -0.15) is 0 Å². The fraction of sp³-hybridized carbons (Fsp3) is 0.125. The molecule has 0 aliphatic heterocycles. The Morgan fingerprint density at radius 1 is 1.08 bits per heavy atom. The van der Waals surface area contributed by atoms with Gasteiger partial charge in [0.05, 0.1) is 10.5 Å². The van der Waals surface area contributed by atoms with Crippen molar-refractivity contribution in [3.05, 3.63) is 65.0 Å². The zero-order valence-corrected chi connectivity index (χ0v) is 13.5. The van der Waals surface area contributed by atoms with Gasteiger partial charge in [0.2, 0.25) is 10.0 Å². The number of ketones is 1. The standard InChI is InChI=1S/C16H14FNO5S/c1-10-2-3-12(8-15(10)24(18,21)22)16(20)23-9-14(19)11-4-6-13(17)7-5-11/h2-8H,9H2,1H3,(H2,18,21,22). The number of hydrogen-bond acceptors (Lipinski definition) is 5. The lowest BCUT2D eigenvalue weighted by molar-refractivity contribution is 0.0474. The van der Waals surface area contributed by atoms with E-state index in [0.717, 1.165) is 18.2 Å². The number of carbonyl (C=O) groups excluding carboxylic acids is 2. The number of carbonyl (C=O) groups is 2.